The van der Waals surface area contributed by atoms with E-state index in [4.69, 9.17) is 18.0 Å². The summed E-state index contributed by atoms with van der Waals surface area (Å²) in [6.07, 6.45) is 1.36. The number of nitrogens with two attached hydrogens (primary N) is 1. The van der Waals surface area contributed by atoms with Crippen molar-refractivity contribution in [2.24, 2.45) is 11.7 Å². The Morgan fingerprint density at radius 2 is 2.47 bits per heavy atom. The van der Waals surface area contributed by atoms with Gasteiger partial charge in [0, 0.05) is 25.6 Å². The Bertz CT molecular complexity index is 350. The number of amides is 1. The molecule has 0 radical (unpaired) electrons. The lowest BCUT2D eigenvalue weighted by Gasteiger charge is -2.19. The first kappa shape index (κ1) is 11.6. The van der Waals surface area contributed by atoms with Crippen LogP contribution in [0.25, 0.3) is 0 Å². The number of thiocarbonyl (C=S) groups is 1. The highest BCUT2D eigenvalue weighted by molar-refractivity contribution is 7.80. The fourth-order valence-electron chi connectivity index (χ4n) is 1.10. The molecule has 1 aromatic rings. The van der Waals surface area contributed by atoms with Gasteiger partial charge in [0.1, 0.15) is 6.26 Å². The third-order valence-electron chi connectivity index (χ3n) is 2.04. The van der Waals surface area contributed by atoms with Gasteiger partial charge in [-0.3, -0.25) is 4.79 Å². The molecule has 82 valence electrons. The number of rotatable bonds is 4. The molecule has 0 aliphatic carbocycles. The summed E-state index contributed by atoms with van der Waals surface area (Å²) in [7, 11) is 1.67. The van der Waals surface area contributed by atoms with Crippen LogP contribution in [-0.4, -0.2) is 34.5 Å². The van der Waals surface area contributed by atoms with Crippen LogP contribution in [0.1, 0.15) is 17.4 Å². The first-order valence-corrected chi connectivity index (χ1v) is 4.88. The van der Waals surface area contributed by atoms with Crippen molar-refractivity contribution in [2.45, 2.75) is 6.92 Å². The number of aromatic nitrogens is 1. The predicted molar refractivity (Wildman–Crippen MR) is 59.4 cm³/mol. The number of nitrogens with zero attached hydrogens (tertiary/aromatic N) is 2. The molecule has 1 amide bonds. The monoisotopic (exact) mass is 227 g/mol. The minimum absolute atomic E-state index is 0.0131. The van der Waals surface area contributed by atoms with E-state index in [2.05, 4.69) is 9.68 Å². The van der Waals surface area contributed by atoms with Crippen molar-refractivity contribution in [3.63, 3.8) is 0 Å². The molecule has 0 aromatic carbocycles. The summed E-state index contributed by atoms with van der Waals surface area (Å²) in [5.74, 6) is -0.215. The van der Waals surface area contributed by atoms with E-state index in [9.17, 15) is 4.79 Å². The second-order valence-electron chi connectivity index (χ2n) is 3.37. The number of carbonyl (C=O) groups is 1. The lowest BCUT2D eigenvalue weighted by molar-refractivity contribution is 0.0776. The minimum Gasteiger partial charge on any atom is -0.393 e. The summed E-state index contributed by atoms with van der Waals surface area (Å²) >= 11 is 4.83. The van der Waals surface area contributed by atoms with Crippen LogP contribution in [0.2, 0.25) is 0 Å². The first-order valence-electron chi connectivity index (χ1n) is 4.47. The summed E-state index contributed by atoms with van der Waals surface area (Å²) in [5, 5.41) is 3.56. The molecule has 5 nitrogen and oxygen atoms in total. The Hall–Kier alpha value is -1.43. The van der Waals surface area contributed by atoms with Crippen LogP contribution in [0.4, 0.5) is 0 Å². The van der Waals surface area contributed by atoms with Gasteiger partial charge in [-0.25, -0.2) is 0 Å². The third kappa shape index (κ3) is 3.02. The van der Waals surface area contributed by atoms with Gasteiger partial charge in [-0.1, -0.05) is 24.3 Å². The van der Waals surface area contributed by atoms with E-state index >= 15 is 0 Å². The predicted octanol–water partition coefficient (Wildman–Crippen LogP) is 0.669. The van der Waals surface area contributed by atoms with Gasteiger partial charge >= 0.3 is 0 Å². The Kier molecular flexibility index (Phi) is 3.79. The Labute approximate surface area is 93.2 Å². The van der Waals surface area contributed by atoms with Crippen molar-refractivity contribution in [2.75, 3.05) is 13.6 Å². The number of hydrogen-bond donors (Lipinski definition) is 1. The molecule has 1 unspecified atom stereocenters. The van der Waals surface area contributed by atoms with Crippen molar-refractivity contribution in [1.82, 2.24) is 10.1 Å². The first-order chi connectivity index (χ1) is 7.02. The summed E-state index contributed by atoms with van der Waals surface area (Å²) in [6.45, 7) is 2.34. The standard InChI is InChI=1S/C9H13N3O2S/c1-6(8(10)15)5-12(2)9(13)7-3-4-14-11-7/h3-4,6H,5H2,1-2H3,(H2,10,15). The van der Waals surface area contributed by atoms with Gasteiger partial charge in [0.05, 0.1) is 4.99 Å². The molecule has 0 aliphatic heterocycles. The third-order valence-corrected chi connectivity index (χ3v) is 2.44. The average Bonchev–Trinajstić information content (AvgIpc) is 2.68. The highest BCUT2D eigenvalue weighted by Crippen LogP contribution is 2.04. The number of hydrogen-bond acceptors (Lipinski definition) is 4. The zero-order valence-electron chi connectivity index (χ0n) is 8.64. The fourth-order valence-corrected chi connectivity index (χ4v) is 1.18. The SMILES string of the molecule is CC(CN(C)C(=O)c1ccon1)C(N)=S. The van der Waals surface area contributed by atoms with Gasteiger partial charge in [0.25, 0.3) is 5.91 Å². The van der Waals surface area contributed by atoms with E-state index in [1.165, 1.54) is 17.2 Å². The van der Waals surface area contributed by atoms with Crippen LogP contribution < -0.4 is 5.73 Å². The Morgan fingerprint density at radius 1 is 1.80 bits per heavy atom. The van der Waals surface area contributed by atoms with Crippen molar-refractivity contribution in [3.8, 4) is 0 Å². The summed E-state index contributed by atoms with van der Waals surface area (Å²) < 4.78 is 4.59. The van der Waals surface area contributed by atoms with Crippen LogP contribution in [0, 0.1) is 5.92 Å². The van der Waals surface area contributed by atoms with Crippen LogP contribution in [0.15, 0.2) is 16.9 Å². The lowest BCUT2D eigenvalue weighted by atomic mass is 10.1. The van der Waals surface area contributed by atoms with Gasteiger partial charge in [0.15, 0.2) is 5.69 Å². The molecule has 0 saturated heterocycles. The number of carbonyl (C=O) groups excluding carboxylic acids is 1. The fraction of sp³-hybridized carbons (Fsp3) is 0.444. The molecule has 0 bridgehead atoms. The smallest absolute Gasteiger partial charge is 0.275 e. The lowest BCUT2D eigenvalue weighted by Crippen LogP contribution is -2.35. The van der Waals surface area contributed by atoms with E-state index in [1.807, 2.05) is 6.92 Å². The van der Waals surface area contributed by atoms with Gasteiger partial charge in [-0.05, 0) is 0 Å². The quantitative estimate of drug-likeness (QED) is 0.765. The molecule has 1 rings (SSSR count). The Morgan fingerprint density at radius 3 is 2.93 bits per heavy atom. The molecule has 0 spiro atoms. The second-order valence-corrected chi connectivity index (χ2v) is 3.85. The minimum atomic E-state index is -0.202. The molecule has 1 atom stereocenters. The largest absolute Gasteiger partial charge is 0.393 e. The van der Waals surface area contributed by atoms with E-state index in [0.717, 1.165) is 0 Å². The highest BCUT2D eigenvalue weighted by atomic mass is 32.1. The maximum atomic E-state index is 11.7. The van der Waals surface area contributed by atoms with Crippen molar-refractivity contribution < 1.29 is 9.32 Å². The highest BCUT2D eigenvalue weighted by Gasteiger charge is 2.17. The molecule has 15 heavy (non-hydrogen) atoms. The van der Waals surface area contributed by atoms with E-state index in [0.29, 0.717) is 11.5 Å². The molecule has 6 heteroatoms. The molecule has 2 N–H and O–H groups in total. The zero-order valence-corrected chi connectivity index (χ0v) is 9.45. The summed E-state index contributed by atoms with van der Waals surface area (Å²) in [6, 6.07) is 1.52. The van der Waals surface area contributed by atoms with Gasteiger partial charge in [-0.2, -0.15) is 0 Å². The average molecular weight is 227 g/mol. The molecule has 0 saturated carbocycles. The maximum Gasteiger partial charge on any atom is 0.275 e. The van der Waals surface area contributed by atoms with E-state index in [-0.39, 0.29) is 17.5 Å². The molecule has 0 fully saturated rings. The molecule has 1 heterocycles. The maximum absolute atomic E-state index is 11.7. The van der Waals surface area contributed by atoms with Crippen molar-refractivity contribution >= 4 is 23.1 Å². The zero-order chi connectivity index (χ0) is 11.4. The van der Waals surface area contributed by atoms with E-state index < -0.39 is 0 Å². The molecular formula is C9H13N3O2S. The summed E-state index contributed by atoms with van der Waals surface area (Å²) in [4.78, 5) is 13.6. The van der Waals surface area contributed by atoms with Crippen molar-refractivity contribution in [3.05, 3.63) is 18.0 Å². The van der Waals surface area contributed by atoms with E-state index in [1.54, 1.807) is 7.05 Å². The molecule has 1 aromatic heterocycles. The molecular weight excluding hydrogens is 214 g/mol. The topological polar surface area (TPSA) is 72.4 Å². The summed E-state index contributed by atoms with van der Waals surface area (Å²) in [5.41, 5.74) is 5.75. The van der Waals surface area contributed by atoms with Crippen LogP contribution in [-0.2, 0) is 0 Å². The normalized spacial score (nSPS) is 12.1. The van der Waals surface area contributed by atoms with Crippen LogP contribution in [0.3, 0.4) is 0 Å². The Balaban J connectivity index is 2.58. The van der Waals surface area contributed by atoms with Crippen molar-refractivity contribution in [1.29, 1.82) is 0 Å². The van der Waals surface area contributed by atoms with Gasteiger partial charge < -0.3 is 15.2 Å². The second kappa shape index (κ2) is 4.88. The molecule has 0 aliphatic rings. The van der Waals surface area contributed by atoms with Crippen LogP contribution >= 0.6 is 12.2 Å². The van der Waals surface area contributed by atoms with Crippen LogP contribution in [0.5, 0.6) is 0 Å². The van der Waals surface area contributed by atoms with Gasteiger partial charge in [-0.15, -0.1) is 0 Å². The van der Waals surface area contributed by atoms with Gasteiger partial charge in [0.2, 0.25) is 0 Å².